The molecule has 0 aliphatic carbocycles. The zero-order valence-corrected chi connectivity index (χ0v) is 17.8. The normalized spacial score (nSPS) is 23.3. The van der Waals surface area contributed by atoms with Crippen LogP contribution in [0, 0.1) is 16.7 Å². The summed E-state index contributed by atoms with van der Waals surface area (Å²) in [5.74, 6) is 0.927. The SMILES string of the molecule is C=CCOc1ccc(C2N(C)C(C(=O)N(C)CC=O)C[C@]2(C)C#N)cc1OCC=C. The van der Waals surface area contributed by atoms with E-state index in [2.05, 4.69) is 19.2 Å². The van der Waals surface area contributed by atoms with Gasteiger partial charge >= 0.3 is 0 Å². The van der Waals surface area contributed by atoms with Gasteiger partial charge in [-0.3, -0.25) is 9.69 Å². The number of hydrogen-bond acceptors (Lipinski definition) is 6. The molecule has 0 aromatic heterocycles. The molecule has 0 bridgehead atoms. The monoisotopic (exact) mass is 411 g/mol. The minimum absolute atomic E-state index is 0.0198. The van der Waals surface area contributed by atoms with Crippen LogP contribution in [-0.4, -0.2) is 61.9 Å². The predicted octanol–water partition coefficient (Wildman–Crippen LogP) is 2.75. The molecule has 1 amide bonds. The number of hydrogen-bond donors (Lipinski definition) is 0. The van der Waals surface area contributed by atoms with Crippen LogP contribution in [0.15, 0.2) is 43.5 Å². The van der Waals surface area contributed by atoms with E-state index in [1.807, 2.05) is 31.0 Å². The lowest BCUT2D eigenvalue weighted by Crippen LogP contribution is -2.43. The van der Waals surface area contributed by atoms with E-state index in [0.717, 1.165) is 5.56 Å². The van der Waals surface area contributed by atoms with Gasteiger partial charge in [-0.05, 0) is 38.1 Å². The van der Waals surface area contributed by atoms with Crippen LogP contribution >= 0.6 is 0 Å². The first kappa shape index (κ1) is 23.2. The third-order valence-corrected chi connectivity index (χ3v) is 5.38. The number of amides is 1. The second-order valence-electron chi connectivity index (χ2n) is 7.61. The first-order chi connectivity index (χ1) is 14.3. The Morgan fingerprint density at radius 2 is 1.97 bits per heavy atom. The van der Waals surface area contributed by atoms with Crippen molar-refractivity contribution in [3.63, 3.8) is 0 Å². The Hall–Kier alpha value is -3.11. The van der Waals surface area contributed by atoms with Crippen LogP contribution in [0.3, 0.4) is 0 Å². The van der Waals surface area contributed by atoms with Crippen molar-refractivity contribution in [2.24, 2.45) is 5.41 Å². The summed E-state index contributed by atoms with van der Waals surface area (Å²) in [6.07, 6.45) is 4.35. The molecule has 7 nitrogen and oxygen atoms in total. The maximum absolute atomic E-state index is 12.9. The molecule has 1 aromatic rings. The average molecular weight is 412 g/mol. The molecule has 0 radical (unpaired) electrons. The van der Waals surface area contributed by atoms with E-state index in [-0.39, 0.29) is 18.5 Å². The third-order valence-electron chi connectivity index (χ3n) is 5.38. The van der Waals surface area contributed by atoms with E-state index in [1.54, 1.807) is 25.3 Å². The van der Waals surface area contributed by atoms with Crippen molar-refractivity contribution in [1.82, 2.24) is 9.80 Å². The quantitative estimate of drug-likeness (QED) is 0.435. The van der Waals surface area contributed by atoms with Crippen LogP contribution in [0.4, 0.5) is 0 Å². The molecule has 1 aromatic carbocycles. The number of carbonyl (C=O) groups excluding carboxylic acids is 2. The first-order valence-corrected chi connectivity index (χ1v) is 9.76. The van der Waals surface area contributed by atoms with Crippen LogP contribution < -0.4 is 9.47 Å². The number of aldehydes is 1. The lowest BCUT2D eigenvalue weighted by Gasteiger charge is -2.31. The Bertz CT molecular complexity index is 847. The fourth-order valence-electron chi connectivity index (χ4n) is 3.94. The van der Waals surface area contributed by atoms with Gasteiger partial charge in [0.05, 0.1) is 30.1 Å². The van der Waals surface area contributed by atoms with Crippen molar-refractivity contribution >= 4 is 12.2 Å². The molecule has 1 fully saturated rings. The van der Waals surface area contributed by atoms with Gasteiger partial charge in [-0.25, -0.2) is 0 Å². The molecule has 3 atom stereocenters. The largest absolute Gasteiger partial charge is 0.486 e. The number of nitriles is 1. The summed E-state index contributed by atoms with van der Waals surface area (Å²) in [7, 11) is 3.42. The van der Waals surface area contributed by atoms with Crippen molar-refractivity contribution in [2.75, 3.05) is 33.9 Å². The predicted molar refractivity (Wildman–Crippen MR) is 114 cm³/mol. The Morgan fingerprint density at radius 1 is 1.33 bits per heavy atom. The molecule has 30 heavy (non-hydrogen) atoms. The molecule has 7 heteroatoms. The molecule has 0 N–H and O–H groups in total. The highest BCUT2D eigenvalue weighted by Crippen LogP contribution is 2.50. The molecule has 1 heterocycles. The Labute approximate surface area is 178 Å². The molecule has 2 rings (SSSR count). The van der Waals surface area contributed by atoms with Gasteiger partial charge in [0, 0.05) is 7.05 Å². The molecule has 0 saturated carbocycles. The summed E-state index contributed by atoms with van der Waals surface area (Å²) in [6, 6.07) is 7.11. The fourth-order valence-corrected chi connectivity index (χ4v) is 3.94. The zero-order valence-electron chi connectivity index (χ0n) is 17.8. The summed E-state index contributed by atoms with van der Waals surface area (Å²) in [6.45, 7) is 9.85. The van der Waals surface area contributed by atoms with E-state index in [4.69, 9.17) is 9.47 Å². The van der Waals surface area contributed by atoms with Gasteiger partial charge in [0.2, 0.25) is 5.91 Å². The summed E-state index contributed by atoms with van der Waals surface area (Å²) in [5, 5.41) is 9.96. The highest BCUT2D eigenvalue weighted by Gasteiger charge is 2.51. The van der Waals surface area contributed by atoms with E-state index in [1.165, 1.54) is 4.90 Å². The van der Waals surface area contributed by atoms with Crippen LogP contribution in [0.5, 0.6) is 11.5 Å². The first-order valence-electron chi connectivity index (χ1n) is 9.76. The maximum atomic E-state index is 12.9. The van der Waals surface area contributed by atoms with Crippen molar-refractivity contribution in [3.05, 3.63) is 49.1 Å². The molecule has 1 saturated heterocycles. The van der Waals surface area contributed by atoms with E-state index >= 15 is 0 Å². The Morgan fingerprint density at radius 3 is 2.53 bits per heavy atom. The number of rotatable bonds is 10. The van der Waals surface area contributed by atoms with Gasteiger partial charge < -0.3 is 19.2 Å². The van der Waals surface area contributed by atoms with Crippen LogP contribution in [0.2, 0.25) is 0 Å². The van der Waals surface area contributed by atoms with Crippen molar-refractivity contribution in [3.8, 4) is 17.6 Å². The Balaban J connectivity index is 2.42. The smallest absolute Gasteiger partial charge is 0.240 e. The van der Waals surface area contributed by atoms with E-state index in [9.17, 15) is 14.9 Å². The number of likely N-dealkylation sites (tertiary alicyclic amines) is 1. The summed E-state index contributed by atoms with van der Waals surface area (Å²) in [4.78, 5) is 27.0. The molecule has 160 valence electrons. The lowest BCUT2D eigenvalue weighted by molar-refractivity contribution is -0.136. The van der Waals surface area contributed by atoms with Crippen LogP contribution in [0.1, 0.15) is 24.9 Å². The molecule has 1 aliphatic rings. The molecule has 0 spiro atoms. The van der Waals surface area contributed by atoms with Gasteiger partial charge in [-0.1, -0.05) is 31.4 Å². The number of benzene rings is 1. The molecular weight excluding hydrogens is 382 g/mol. The second kappa shape index (κ2) is 10.1. The van der Waals surface area contributed by atoms with E-state index in [0.29, 0.717) is 37.4 Å². The number of carbonyl (C=O) groups is 2. The molecular formula is C23H29N3O4. The topological polar surface area (TPSA) is 82.9 Å². The average Bonchev–Trinajstić information content (AvgIpc) is 3.01. The van der Waals surface area contributed by atoms with Gasteiger partial charge in [0.25, 0.3) is 0 Å². The summed E-state index contributed by atoms with van der Waals surface area (Å²) >= 11 is 0. The number of ether oxygens (including phenoxy) is 2. The molecule has 2 unspecified atom stereocenters. The number of likely N-dealkylation sites (N-methyl/N-ethyl adjacent to an activating group) is 2. The van der Waals surface area contributed by atoms with E-state index < -0.39 is 11.5 Å². The zero-order chi connectivity index (χ0) is 22.3. The number of nitrogens with zero attached hydrogens (tertiary/aromatic N) is 3. The third kappa shape index (κ3) is 4.71. The van der Waals surface area contributed by atoms with Crippen molar-refractivity contribution in [2.45, 2.75) is 25.4 Å². The van der Waals surface area contributed by atoms with Gasteiger partial charge in [-0.2, -0.15) is 5.26 Å². The minimum atomic E-state index is -0.795. The summed E-state index contributed by atoms with van der Waals surface area (Å²) in [5.41, 5.74) is 0.0518. The lowest BCUT2D eigenvalue weighted by atomic mass is 9.79. The van der Waals surface area contributed by atoms with Gasteiger partial charge in [0.15, 0.2) is 11.5 Å². The minimum Gasteiger partial charge on any atom is -0.486 e. The van der Waals surface area contributed by atoms with Crippen molar-refractivity contribution in [1.29, 1.82) is 5.26 Å². The maximum Gasteiger partial charge on any atom is 0.240 e. The second-order valence-corrected chi connectivity index (χ2v) is 7.61. The molecule has 1 aliphatic heterocycles. The highest BCUT2D eigenvalue weighted by molar-refractivity contribution is 5.84. The van der Waals surface area contributed by atoms with Gasteiger partial charge in [-0.15, -0.1) is 0 Å². The standard InChI is InChI=1S/C23H29N3O4/c1-6-12-29-19-9-8-17(14-20(19)30-13-7-2)21-23(3,16-24)15-18(26(21)5)22(28)25(4)10-11-27/h6-9,11,14,18,21H,1-2,10,12-13,15H2,3-5H3/t18?,21?,23-/m1/s1. The Kier molecular flexibility index (Phi) is 7.79. The van der Waals surface area contributed by atoms with Gasteiger partial charge in [0.1, 0.15) is 19.5 Å². The highest BCUT2D eigenvalue weighted by atomic mass is 16.5. The summed E-state index contributed by atoms with van der Waals surface area (Å²) < 4.78 is 11.4. The van der Waals surface area contributed by atoms with Crippen LogP contribution in [-0.2, 0) is 9.59 Å². The fraction of sp³-hybridized carbons (Fsp3) is 0.435. The van der Waals surface area contributed by atoms with Crippen LogP contribution in [0.25, 0.3) is 0 Å². The van der Waals surface area contributed by atoms with Crippen molar-refractivity contribution < 1.29 is 19.1 Å².